The number of aliphatic hydroxyl groups is 7. The van der Waals surface area contributed by atoms with E-state index >= 15 is 0 Å². The predicted octanol–water partition coefficient (Wildman–Crippen LogP) is 5.46. The number of carbonyl (C=O) groups excluding carboxylic acids is 1. The third-order valence-corrected chi connectivity index (χ3v) is 10.9. The van der Waals surface area contributed by atoms with E-state index in [0.29, 0.717) is 13.0 Å². The fraction of sp³-hybridized carbons (Fsp3) is 0.848. The zero-order chi connectivity index (χ0) is 43.8. The first-order valence-corrected chi connectivity index (χ1v) is 23.1. The van der Waals surface area contributed by atoms with Crippen molar-refractivity contribution in [2.24, 2.45) is 0 Å². The highest BCUT2D eigenvalue weighted by molar-refractivity contribution is 5.69. The average Bonchev–Trinajstić information content (AvgIpc) is 3.24. The fourth-order valence-corrected chi connectivity index (χ4v) is 7.05. The van der Waals surface area contributed by atoms with Crippen LogP contribution in [0.25, 0.3) is 0 Å². The Morgan fingerprint density at radius 2 is 1.03 bits per heavy atom. The molecule has 0 aliphatic carbocycles. The van der Waals surface area contributed by atoms with Crippen molar-refractivity contribution in [3.8, 4) is 0 Å². The lowest BCUT2D eigenvalue weighted by Gasteiger charge is -2.42. The summed E-state index contributed by atoms with van der Waals surface area (Å²) in [5.41, 5.74) is 0. The summed E-state index contributed by atoms with van der Waals surface area (Å²) in [5.74, 6) is -0.391. The van der Waals surface area contributed by atoms with E-state index in [2.05, 4.69) is 50.3 Å². The van der Waals surface area contributed by atoms with Gasteiger partial charge >= 0.3 is 5.97 Å². The quantitative estimate of drug-likeness (QED) is 0.0240. The van der Waals surface area contributed by atoms with Crippen molar-refractivity contribution >= 4 is 5.97 Å². The zero-order valence-corrected chi connectivity index (χ0v) is 36.7. The molecule has 2 aliphatic rings. The first-order chi connectivity index (χ1) is 29.1. The molecule has 14 nitrogen and oxygen atoms in total. The van der Waals surface area contributed by atoms with Crippen LogP contribution in [-0.4, -0.2) is 142 Å². The molecule has 0 amide bonds. The van der Waals surface area contributed by atoms with Gasteiger partial charge < -0.3 is 64.2 Å². The lowest BCUT2D eigenvalue weighted by Crippen LogP contribution is -2.61. The van der Waals surface area contributed by atoms with E-state index in [1.165, 1.54) is 51.4 Å². The van der Waals surface area contributed by atoms with Crippen LogP contribution in [0.2, 0.25) is 0 Å². The highest BCUT2D eigenvalue weighted by Gasteiger charge is 2.47. The summed E-state index contributed by atoms with van der Waals surface area (Å²) in [6, 6.07) is 0. The van der Waals surface area contributed by atoms with Crippen molar-refractivity contribution in [2.45, 2.75) is 216 Å². The van der Waals surface area contributed by atoms with Gasteiger partial charge in [-0.05, 0) is 51.4 Å². The van der Waals surface area contributed by atoms with Gasteiger partial charge in [-0.3, -0.25) is 4.79 Å². The van der Waals surface area contributed by atoms with Crippen LogP contribution in [-0.2, 0) is 33.2 Å². The van der Waals surface area contributed by atoms with Gasteiger partial charge in [0, 0.05) is 13.0 Å². The van der Waals surface area contributed by atoms with Gasteiger partial charge in [-0.2, -0.15) is 0 Å². The smallest absolute Gasteiger partial charge is 0.306 e. The van der Waals surface area contributed by atoms with E-state index in [1.54, 1.807) is 0 Å². The molecule has 0 radical (unpaired) electrons. The minimum atomic E-state index is -1.70. The largest absolute Gasteiger partial charge is 0.457 e. The SMILES string of the molecule is CCCCC/C=C\C/C=C\C/C=C\CCCCCCCCCOCC(COC1OC(COC2OC(CO)C(O)C(O)C2O)C(O)C(O)C1O)OC(=O)CCCCCCCC. The third kappa shape index (κ3) is 23.1. The molecule has 0 spiro atoms. The Bertz CT molecular complexity index is 1130. The summed E-state index contributed by atoms with van der Waals surface area (Å²) in [6.45, 7) is 3.55. The van der Waals surface area contributed by atoms with Crippen molar-refractivity contribution < 1.29 is 69.0 Å². The van der Waals surface area contributed by atoms with Crippen LogP contribution in [0.1, 0.15) is 149 Å². The molecule has 14 heteroatoms. The van der Waals surface area contributed by atoms with Gasteiger partial charge in [0.05, 0.1) is 26.4 Å². The molecule has 2 fully saturated rings. The van der Waals surface area contributed by atoms with Gasteiger partial charge in [0.1, 0.15) is 54.9 Å². The first-order valence-electron chi connectivity index (χ1n) is 23.1. The molecular formula is C46H82O14. The van der Waals surface area contributed by atoms with E-state index in [9.17, 15) is 40.5 Å². The molecule has 2 saturated heterocycles. The summed E-state index contributed by atoms with van der Waals surface area (Å²) in [6.07, 6.45) is 19.7. The Hall–Kier alpha value is -1.79. The Kier molecular flexibility index (Phi) is 31.4. The normalized spacial score (nSPS) is 28.0. The number of esters is 1. The van der Waals surface area contributed by atoms with Crippen LogP contribution in [0.5, 0.6) is 0 Å². The minimum absolute atomic E-state index is 0.0549. The number of hydrogen-bond acceptors (Lipinski definition) is 14. The number of hydrogen-bond donors (Lipinski definition) is 7. The van der Waals surface area contributed by atoms with Crippen LogP contribution in [0, 0.1) is 0 Å². The lowest BCUT2D eigenvalue weighted by atomic mass is 9.98. The highest BCUT2D eigenvalue weighted by atomic mass is 16.7. The molecule has 7 N–H and O–H groups in total. The maximum Gasteiger partial charge on any atom is 0.306 e. The summed E-state index contributed by atoms with van der Waals surface area (Å²) in [4.78, 5) is 12.8. The molecule has 0 aromatic heterocycles. The Balaban J connectivity index is 1.73. The Morgan fingerprint density at radius 3 is 1.65 bits per heavy atom. The van der Waals surface area contributed by atoms with Gasteiger partial charge in [-0.1, -0.05) is 127 Å². The molecule has 2 aliphatic heterocycles. The van der Waals surface area contributed by atoms with E-state index in [1.807, 2.05) is 0 Å². The van der Waals surface area contributed by atoms with Gasteiger partial charge in [-0.25, -0.2) is 0 Å². The molecule has 60 heavy (non-hydrogen) atoms. The Morgan fingerprint density at radius 1 is 0.550 bits per heavy atom. The van der Waals surface area contributed by atoms with E-state index in [-0.39, 0.29) is 19.6 Å². The van der Waals surface area contributed by atoms with Crippen molar-refractivity contribution in [2.75, 3.05) is 33.0 Å². The second-order valence-electron chi connectivity index (χ2n) is 16.2. The molecule has 2 heterocycles. The van der Waals surface area contributed by atoms with Crippen molar-refractivity contribution in [1.82, 2.24) is 0 Å². The second kappa shape index (κ2) is 34.7. The number of aliphatic hydroxyl groups excluding tert-OH is 7. The topological polar surface area (TPSA) is 214 Å². The molecular weight excluding hydrogens is 776 g/mol. The summed E-state index contributed by atoms with van der Waals surface area (Å²) >= 11 is 0. The van der Waals surface area contributed by atoms with Crippen molar-refractivity contribution in [3.05, 3.63) is 36.5 Å². The molecule has 0 aromatic carbocycles. The highest BCUT2D eigenvalue weighted by Crippen LogP contribution is 2.26. The average molecular weight is 859 g/mol. The number of carbonyl (C=O) groups is 1. The van der Waals surface area contributed by atoms with Crippen molar-refractivity contribution in [1.29, 1.82) is 0 Å². The van der Waals surface area contributed by atoms with E-state index in [4.69, 9.17) is 28.4 Å². The number of rotatable bonds is 35. The Labute approximate surface area is 359 Å². The lowest BCUT2D eigenvalue weighted by molar-refractivity contribution is -0.332. The first kappa shape index (κ1) is 54.3. The maximum atomic E-state index is 12.8. The van der Waals surface area contributed by atoms with Gasteiger partial charge in [0.2, 0.25) is 0 Å². The summed E-state index contributed by atoms with van der Waals surface area (Å²) in [7, 11) is 0. The van der Waals surface area contributed by atoms with Gasteiger partial charge in [0.25, 0.3) is 0 Å². The summed E-state index contributed by atoms with van der Waals surface area (Å²) < 4.78 is 34.0. The van der Waals surface area contributed by atoms with Gasteiger partial charge in [-0.15, -0.1) is 0 Å². The zero-order valence-electron chi connectivity index (χ0n) is 36.7. The van der Waals surface area contributed by atoms with E-state index in [0.717, 1.165) is 70.6 Å². The van der Waals surface area contributed by atoms with Gasteiger partial charge in [0.15, 0.2) is 12.6 Å². The van der Waals surface area contributed by atoms with E-state index < -0.39 is 86.7 Å². The molecule has 0 aromatic rings. The minimum Gasteiger partial charge on any atom is -0.457 e. The molecule has 2 rings (SSSR count). The van der Waals surface area contributed by atoms with Crippen LogP contribution >= 0.6 is 0 Å². The molecule has 11 unspecified atom stereocenters. The number of unbranched alkanes of at least 4 members (excludes halogenated alkanes) is 15. The van der Waals surface area contributed by atoms with Crippen LogP contribution < -0.4 is 0 Å². The molecule has 0 saturated carbocycles. The second-order valence-corrected chi connectivity index (χ2v) is 16.2. The maximum absolute atomic E-state index is 12.8. The summed E-state index contributed by atoms with van der Waals surface area (Å²) in [5, 5.41) is 71.7. The number of allylic oxidation sites excluding steroid dienone is 6. The standard InChI is InChI=1S/C46H82O14/c1-3-5-7-9-11-12-13-14-15-16-17-18-19-20-21-22-23-24-26-28-30-55-32-35(58-38(48)29-27-25-10-8-6-4-2)33-56-45-44(54)42(52)40(50)37(60-45)34-57-46-43(53)41(51)39(49)36(31-47)59-46/h11-12,14-15,17-18,35-37,39-47,49-54H,3-10,13,16,19-34H2,1-2H3/b12-11-,15-14-,18-17-. The van der Waals surface area contributed by atoms with Crippen LogP contribution in [0.15, 0.2) is 36.5 Å². The predicted molar refractivity (Wildman–Crippen MR) is 229 cm³/mol. The molecule has 0 bridgehead atoms. The third-order valence-electron chi connectivity index (χ3n) is 10.9. The molecule has 11 atom stereocenters. The van der Waals surface area contributed by atoms with Crippen LogP contribution in [0.4, 0.5) is 0 Å². The fourth-order valence-electron chi connectivity index (χ4n) is 7.05. The monoisotopic (exact) mass is 859 g/mol. The van der Waals surface area contributed by atoms with Crippen molar-refractivity contribution in [3.63, 3.8) is 0 Å². The van der Waals surface area contributed by atoms with Crippen LogP contribution in [0.3, 0.4) is 0 Å². The molecule has 350 valence electrons. The number of ether oxygens (including phenoxy) is 6.